The number of H-pyrrole nitrogens is 2. The molecule has 266 valence electrons. The van der Waals surface area contributed by atoms with E-state index >= 15 is 0 Å². The van der Waals surface area contributed by atoms with E-state index in [1.807, 2.05) is 12.1 Å². The second kappa shape index (κ2) is 14.7. The van der Waals surface area contributed by atoms with Gasteiger partial charge in [-0.05, 0) is 96.1 Å². The Bertz CT molecular complexity index is 2270. The van der Waals surface area contributed by atoms with Crippen molar-refractivity contribution in [3.63, 3.8) is 0 Å². The highest BCUT2D eigenvalue weighted by Crippen LogP contribution is 2.33. The van der Waals surface area contributed by atoms with Crippen LogP contribution in [0.5, 0.6) is 11.5 Å². The summed E-state index contributed by atoms with van der Waals surface area (Å²) in [6.45, 7) is 4.16. The highest BCUT2D eigenvalue weighted by Gasteiger charge is 2.18. The van der Waals surface area contributed by atoms with Crippen molar-refractivity contribution >= 4 is 46.4 Å². The standard InChI is InChI=1S/C44H50N6O2/c1-49(2,3)25-7-26-50(4,5)27-8-28-52-38-19-11-32(12-20-38)44-41-23-15-35(47-41)29-33-13-21-39(45-33)43(31-9-17-37(51-6)18-10-31)40-22-14-34(46-40)30-36-16-24-42(44)48-36/h9-24,29-30,45,48H,7-8,25-28H2,1-6H3/q+2. The molecule has 52 heavy (non-hydrogen) atoms. The van der Waals surface area contributed by atoms with Crippen molar-refractivity contribution in [3.05, 3.63) is 108 Å². The van der Waals surface area contributed by atoms with Crippen LogP contribution >= 0.6 is 0 Å². The Morgan fingerprint density at radius 2 is 1.06 bits per heavy atom. The highest BCUT2D eigenvalue weighted by molar-refractivity contribution is 5.93. The van der Waals surface area contributed by atoms with Crippen LogP contribution < -0.4 is 9.47 Å². The molecule has 5 aromatic rings. The van der Waals surface area contributed by atoms with Crippen molar-refractivity contribution in [2.45, 2.75) is 12.8 Å². The maximum absolute atomic E-state index is 6.22. The molecule has 0 spiro atoms. The number of hydrogen-bond donors (Lipinski definition) is 2. The van der Waals surface area contributed by atoms with Crippen LogP contribution in [0.1, 0.15) is 35.6 Å². The molecule has 2 aliphatic rings. The van der Waals surface area contributed by atoms with Crippen molar-refractivity contribution < 1.29 is 18.4 Å². The van der Waals surface area contributed by atoms with Crippen LogP contribution in [0.25, 0.3) is 68.6 Å². The number of quaternary nitrogens is 2. The minimum absolute atomic E-state index is 0.698. The van der Waals surface area contributed by atoms with Gasteiger partial charge < -0.3 is 28.4 Å². The first-order valence-corrected chi connectivity index (χ1v) is 18.1. The van der Waals surface area contributed by atoms with Crippen LogP contribution in [0.4, 0.5) is 0 Å². The zero-order valence-electron chi connectivity index (χ0n) is 31.2. The lowest BCUT2D eigenvalue weighted by Crippen LogP contribution is -2.44. The molecule has 0 atom stereocenters. The fourth-order valence-corrected chi connectivity index (χ4v) is 6.92. The summed E-state index contributed by atoms with van der Waals surface area (Å²) in [4.78, 5) is 17.4. The highest BCUT2D eigenvalue weighted by atomic mass is 16.5. The number of hydrogen-bond acceptors (Lipinski definition) is 4. The number of nitrogens with zero attached hydrogens (tertiary/aromatic N) is 4. The average molecular weight is 695 g/mol. The largest absolute Gasteiger partial charge is 0.497 e. The molecule has 2 aliphatic heterocycles. The molecule has 8 bridgehead atoms. The number of aromatic amines is 2. The second-order valence-corrected chi connectivity index (χ2v) is 15.4. The predicted molar refractivity (Wildman–Crippen MR) is 216 cm³/mol. The van der Waals surface area contributed by atoms with Crippen LogP contribution in [-0.4, -0.2) is 97.5 Å². The summed E-state index contributed by atoms with van der Waals surface area (Å²) in [6.07, 6.45) is 10.5. The topological polar surface area (TPSA) is 75.8 Å². The maximum Gasteiger partial charge on any atom is 0.119 e. The zero-order chi connectivity index (χ0) is 36.3. The van der Waals surface area contributed by atoms with E-state index in [0.29, 0.717) is 6.61 Å². The van der Waals surface area contributed by atoms with Gasteiger partial charge in [-0.2, -0.15) is 0 Å². The summed E-state index contributed by atoms with van der Waals surface area (Å²) in [6, 6.07) is 29.1. The first-order valence-electron chi connectivity index (χ1n) is 18.1. The third kappa shape index (κ3) is 8.36. The Morgan fingerprint density at radius 1 is 0.558 bits per heavy atom. The molecule has 0 radical (unpaired) electrons. The molecule has 0 saturated heterocycles. The molecule has 5 heterocycles. The Balaban J connectivity index is 1.19. The first-order chi connectivity index (χ1) is 25.0. The van der Waals surface area contributed by atoms with Crippen molar-refractivity contribution in [1.82, 2.24) is 19.9 Å². The molecule has 7 rings (SSSR count). The van der Waals surface area contributed by atoms with Gasteiger partial charge in [0.2, 0.25) is 0 Å². The molecule has 0 saturated carbocycles. The van der Waals surface area contributed by atoms with Crippen molar-refractivity contribution in [3.8, 4) is 33.8 Å². The number of rotatable bonds is 12. The molecule has 0 fully saturated rings. The van der Waals surface area contributed by atoms with Gasteiger partial charge in [0.05, 0.1) is 91.4 Å². The van der Waals surface area contributed by atoms with Crippen LogP contribution in [0.3, 0.4) is 0 Å². The Morgan fingerprint density at radius 3 is 1.56 bits per heavy atom. The van der Waals surface area contributed by atoms with Crippen LogP contribution in [0, 0.1) is 0 Å². The van der Waals surface area contributed by atoms with Crippen LogP contribution in [-0.2, 0) is 0 Å². The molecule has 3 aromatic heterocycles. The van der Waals surface area contributed by atoms with E-state index in [4.69, 9.17) is 19.4 Å². The van der Waals surface area contributed by atoms with E-state index in [-0.39, 0.29) is 0 Å². The maximum atomic E-state index is 6.22. The lowest BCUT2D eigenvalue weighted by molar-refractivity contribution is -0.902. The van der Waals surface area contributed by atoms with E-state index in [9.17, 15) is 0 Å². The SMILES string of the molecule is COc1ccc(-c2c3nc(cc4ccc([nH]4)c(-c4ccc(OCCC[N+](C)(C)CCC[N+](C)(C)C)cc4)c4nc(cc5ccc2[nH]5)C=C4)C=C3)cc1. The molecular formula is C44H50N6O2+2. The molecule has 8 heteroatoms. The smallest absolute Gasteiger partial charge is 0.119 e. The van der Waals surface area contributed by atoms with Gasteiger partial charge in [0.1, 0.15) is 11.5 Å². The second-order valence-electron chi connectivity index (χ2n) is 15.4. The van der Waals surface area contributed by atoms with Gasteiger partial charge in [-0.25, -0.2) is 9.97 Å². The van der Waals surface area contributed by atoms with Gasteiger partial charge in [0, 0.05) is 46.0 Å². The summed E-state index contributed by atoms with van der Waals surface area (Å²) in [5, 5.41) is 0. The third-order valence-electron chi connectivity index (χ3n) is 9.69. The van der Waals surface area contributed by atoms with Gasteiger partial charge in [0.15, 0.2) is 0 Å². The molecule has 8 nitrogen and oxygen atoms in total. The third-order valence-corrected chi connectivity index (χ3v) is 9.69. The van der Waals surface area contributed by atoms with E-state index in [2.05, 4.69) is 142 Å². The van der Waals surface area contributed by atoms with Crippen LogP contribution in [0.15, 0.2) is 84.9 Å². The predicted octanol–water partition coefficient (Wildman–Crippen LogP) is 8.94. The number of methoxy groups -OCH3 is 1. The van der Waals surface area contributed by atoms with E-state index < -0.39 is 0 Å². The molecule has 0 unspecified atom stereocenters. The molecule has 0 aliphatic carbocycles. The summed E-state index contributed by atoms with van der Waals surface area (Å²) < 4.78 is 13.7. The van der Waals surface area contributed by atoms with E-state index in [0.717, 1.165) is 101 Å². The Kier molecular flexibility index (Phi) is 9.86. The van der Waals surface area contributed by atoms with Crippen molar-refractivity contribution in [2.75, 3.05) is 68.6 Å². The Labute approximate surface area is 306 Å². The van der Waals surface area contributed by atoms with Gasteiger partial charge >= 0.3 is 0 Å². The van der Waals surface area contributed by atoms with Crippen LogP contribution in [0.2, 0.25) is 0 Å². The number of nitrogens with one attached hydrogen (secondary N) is 2. The molecule has 2 N–H and O–H groups in total. The van der Waals surface area contributed by atoms with Crippen molar-refractivity contribution in [2.24, 2.45) is 0 Å². The minimum atomic E-state index is 0.698. The first kappa shape index (κ1) is 35.0. The van der Waals surface area contributed by atoms with E-state index in [1.165, 1.54) is 19.5 Å². The number of benzene rings is 2. The summed E-state index contributed by atoms with van der Waals surface area (Å²) in [5.74, 6) is 1.69. The molecule has 0 amide bonds. The lowest BCUT2D eigenvalue weighted by atomic mass is 10.0. The van der Waals surface area contributed by atoms with Gasteiger partial charge in [-0.15, -0.1) is 0 Å². The molecular weight excluding hydrogens is 645 g/mol. The normalized spacial score (nSPS) is 12.7. The van der Waals surface area contributed by atoms with Gasteiger partial charge in [-0.1, -0.05) is 24.3 Å². The minimum Gasteiger partial charge on any atom is -0.497 e. The average Bonchev–Trinajstić information content (AvgIpc) is 3.94. The lowest BCUT2D eigenvalue weighted by Gasteiger charge is -2.31. The number of ether oxygens (including phenoxy) is 2. The fraction of sp³-hybridized carbons (Fsp3) is 0.273. The quantitative estimate of drug-likeness (QED) is 0.0990. The van der Waals surface area contributed by atoms with E-state index in [1.54, 1.807) is 7.11 Å². The monoisotopic (exact) mass is 694 g/mol. The van der Waals surface area contributed by atoms with Gasteiger partial charge in [-0.3, -0.25) is 0 Å². The summed E-state index contributed by atoms with van der Waals surface area (Å²) in [7, 11) is 13.1. The fourth-order valence-electron chi connectivity index (χ4n) is 6.92. The van der Waals surface area contributed by atoms with Gasteiger partial charge in [0.25, 0.3) is 0 Å². The van der Waals surface area contributed by atoms with Crippen molar-refractivity contribution in [1.29, 1.82) is 0 Å². The summed E-state index contributed by atoms with van der Waals surface area (Å²) >= 11 is 0. The zero-order valence-corrected chi connectivity index (χ0v) is 31.2. The summed E-state index contributed by atoms with van der Waals surface area (Å²) in [5.41, 5.74) is 11.6. The number of aromatic nitrogens is 4. The number of fused-ring (bicyclic) bond motifs is 8. The molecule has 2 aromatic carbocycles. The Hall–Kier alpha value is -5.44.